The van der Waals surface area contributed by atoms with Crippen LogP contribution in [0.25, 0.3) is 22.2 Å². The Bertz CT molecular complexity index is 1520. The van der Waals surface area contributed by atoms with Crippen LogP contribution in [0.1, 0.15) is 31.0 Å². The van der Waals surface area contributed by atoms with Crippen molar-refractivity contribution < 1.29 is 17.9 Å². The van der Waals surface area contributed by atoms with E-state index in [-0.39, 0.29) is 11.4 Å². The SMILES string of the molecule is CCOc1cc([C@H](CS(C)(=O)=O)n2c(=O)[nH]c3cc(-c4ccccc4CC)ccc32)ccc1OC. The molecule has 0 saturated carbocycles. The van der Waals surface area contributed by atoms with Crippen LogP contribution in [0.5, 0.6) is 11.5 Å². The largest absolute Gasteiger partial charge is 0.493 e. The predicted octanol–water partition coefficient (Wildman–Crippen LogP) is 4.60. The second-order valence-electron chi connectivity index (χ2n) is 8.49. The summed E-state index contributed by atoms with van der Waals surface area (Å²) in [6.45, 7) is 4.39. The number of aromatic amines is 1. The van der Waals surface area contributed by atoms with Gasteiger partial charge in [-0.2, -0.15) is 0 Å². The molecule has 3 aromatic carbocycles. The van der Waals surface area contributed by atoms with Gasteiger partial charge in [0, 0.05) is 6.26 Å². The fraction of sp³-hybridized carbons (Fsp3) is 0.296. The van der Waals surface area contributed by atoms with Gasteiger partial charge >= 0.3 is 5.69 Å². The van der Waals surface area contributed by atoms with Crippen LogP contribution in [-0.4, -0.2) is 43.7 Å². The molecule has 0 fully saturated rings. The molecular formula is C27H30N2O5S. The number of hydrogen-bond donors (Lipinski definition) is 1. The Morgan fingerprint density at radius 3 is 2.46 bits per heavy atom. The molecule has 1 N–H and O–H groups in total. The summed E-state index contributed by atoms with van der Waals surface area (Å²) in [5.74, 6) is 0.801. The van der Waals surface area contributed by atoms with Gasteiger partial charge in [0.25, 0.3) is 0 Å². The lowest BCUT2D eigenvalue weighted by atomic mass is 9.98. The summed E-state index contributed by atoms with van der Waals surface area (Å²) in [5.41, 5.74) is 4.86. The highest BCUT2D eigenvalue weighted by Crippen LogP contribution is 2.34. The quantitative estimate of drug-likeness (QED) is 0.367. The Labute approximate surface area is 205 Å². The van der Waals surface area contributed by atoms with Crippen molar-refractivity contribution in [1.82, 2.24) is 9.55 Å². The van der Waals surface area contributed by atoms with Crippen LogP contribution >= 0.6 is 0 Å². The van der Waals surface area contributed by atoms with Crippen molar-refractivity contribution in [2.24, 2.45) is 0 Å². The third kappa shape index (κ3) is 5.12. The molecule has 0 aliphatic heterocycles. The second-order valence-corrected chi connectivity index (χ2v) is 10.7. The third-order valence-electron chi connectivity index (χ3n) is 6.07. The summed E-state index contributed by atoms with van der Waals surface area (Å²) in [7, 11) is -1.88. The lowest BCUT2D eigenvalue weighted by Crippen LogP contribution is -2.28. The van der Waals surface area contributed by atoms with Gasteiger partial charge in [0.2, 0.25) is 0 Å². The number of sulfone groups is 1. The number of aryl methyl sites for hydroxylation is 1. The summed E-state index contributed by atoms with van der Waals surface area (Å²) < 4.78 is 37.4. The lowest BCUT2D eigenvalue weighted by molar-refractivity contribution is 0.310. The highest BCUT2D eigenvalue weighted by molar-refractivity contribution is 7.90. The molecular weight excluding hydrogens is 464 g/mol. The van der Waals surface area contributed by atoms with Crippen LogP contribution in [0.2, 0.25) is 0 Å². The molecule has 1 heterocycles. The van der Waals surface area contributed by atoms with E-state index < -0.39 is 15.9 Å². The molecule has 0 amide bonds. The number of aromatic nitrogens is 2. The van der Waals surface area contributed by atoms with Gasteiger partial charge in [-0.3, -0.25) is 4.57 Å². The Kier molecular flexibility index (Phi) is 7.03. The third-order valence-corrected chi connectivity index (χ3v) is 6.99. The summed E-state index contributed by atoms with van der Waals surface area (Å²) in [5, 5.41) is 0. The molecule has 184 valence electrons. The highest BCUT2D eigenvalue weighted by atomic mass is 32.2. The van der Waals surface area contributed by atoms with E-state index in [1.54, 1.807) is 25.3 Å². The number of rotatable bonds is 9. The molecule has 0 spiro atoms. The van der Waals surface area contributed by atoms with Gasteiger partial charge in [0.05, 0.1) is 36.5 Å². The van der Waals surface area contributed by atoms with Crippen molar-refractivity contribution in [3.05, 3.63) is 82.3 Å². The normalized spacial score (nSPS) is 12.6. The average Bonchev–Trinajstić information content (AvgIpc) is 3.16. The standard InChI is InChI=1S/C27H30N2O5S/c1-5-18-9-7-8-10-21(18)19-11-13-23-22(15-19)28-27(30)29(23)24(17-35(4,31)32)20-12-14-25(33-3)26(16-20)34-6-2/h7-16,24H,5-6,17H2,1-4H3,(H,28,30)/t24-/m0/s1. The van der Waals surface area contributed by atoms with Crippen molar-refractivity contribution >= 4 is 20.9 Å². The first-order chi connectivity index (χ1) is 16.8. The zero-order valence-corrected chi connectivity index (χ0v) is 21.2. The minimum atomic E-state index is -3.43. The summed E-state index contributed by atoms with van der Waals surface area (Å²) in [4.78, 5) is 16.1. The Balaban J connectivity index is 1.88. The fourth-order valence-electron chi connectivity index (χ4n) is 4.49. The second kappa shape index (κ2) is 10.00. The van der Waals surface area contributed by atoms with Gasteiger partial charge in [0.1, 0.15) is 9.84 Å². The zero-order chi connectivity index (χ0) is 25.2. The van der Waals surface area contributed by atoms with Crippen molar-refractivity contribution in [2.45, 2.75) is 26.3 Å². The van der Waals surface area contributed by atoms with Gasteiger partial charge in [0.15, 0.2) is 11.5 Å². The molecule has 8 heteroatoms. The van der Waals surface area contributed by atoms with Gasteiger partial charge in [-0.25, -0.2) is 13.2 Å². The number of benzene rings is 3. The first-order valence-corrected chi connectivity index (χ1v) is 13.6. The number of hydrogen-bond acceptors (Lipinski definition) is 5. The number of nitrogens with zero attached hydrogens (tertiary/aromatic N) is 1. The molecule has 0 bridgehead atoms. The topological polar surface area (TPSA) is 90.4 Å². The van der Waals surface area contributed by atoms with Crippen molar-refractivity contribution in [3.63, 3.8) is 0 Å². The molecule has 0 aliphatic carbocycles. The minimum absolute atomic E-state index is 0.238. The number of ether oxygens (including phenoxy) is 2. The smallest absolute Gasteiger partial charge is 0.327 e. The van der Waals surface area contributed by atoms with E-state index in [4.69, 9.17) is 9.47 Å². The molecule has 0 radical (unpaired) electrons. The van der Waals surface area contributed by atoms with E-state index in [0.717, 1.165) is 17.5 Å². The van der Waals surface area contributed by atoms with Crippen LogP contribution in [-0.2, 0) is 16.3 Å². The Morgan fingerprint density at radius 2 is 1.77 bits per heavy atom. The van der Waals surface area contributed by atoms with Crippen molar-refractivity contribution in [3.8, 4) is 22.6 Å². The van der Waals surface area contributed by atoms with E-state index in [9.17, 15) is 13.2 Å². The molecule has 7 nitrogen and oxygen atoms in total. The van der Waals surface area contributed by atoms with E-state index in [1.807, 2.05) is 37.3 Å². The number of imidazole rings is 1. The first kappa shape index (κ1) is 24.6. The molecule has 4 rings (SSSR count). The highest BCUT2D eigenvalue weighted by Gasteiger charge is 2.25. The van der Waals surface area contributed by atoms with Gasteiger partial charge in [-0.1, -0.05) is 43.3 Å². The summed E-state index contributed by atoms with van der Waals surface area (Å²) in [6, 6.07) is 18.5. The minimum Gasteiger partial charge on any atom is -0.493 e. The maximum absolute atomic E-state index is 13.2. The van der Waals surface area contributed by atoms with Crippen LogP contribution in [0.4, 0.5) is 0 Å². The summed E-state index contributed by atoms with van der Waals surface area (Å²) in [6.07, 6.45) is 2.06. The van der Waals surface area contributed by atoms with Crippen molar-refractivity contribution in [2.75, 3.05) is 25.7 Å². The van der Waals surface area contributed by atoms with Crippen molar-refractivity contribution in [1.29, 1.82) is 0 Å². The summed E-state index contributed by atoms with van der Waals surface area (Å²) >= 11 is 0. The van der Waals surface area contributed by atoms with E-state index in [0.29, 0.717) is 34.7 Å². The monoisotopic (exact) mass is 494 g/mol. The number of fused-ring (bicyclic) bond motifs is 1. The molecule has 0 saturated heterocycles. The Morgan fingerprint density at radius 1 is 1.00 bits per heavy atom. The maximum atomic E-state index is 13.2. The van der Waals surface area contributed by atoms with Crippen LogP contribution < -0.4 is 15.2 Å². The molecule has 4 aromatic rings. The fourth-order valence-corrected chi connectivity index (χ4v) is 5.41. The molecule has 1 aromatic heterocycles. The lowest BCUT2D eigenvalue weighted by Gasteiger charge is -2.20. The number of methoxy groups -OCH3 is 1. The maximum Gasteiger partial charge on any atom is 0.327 e. The van der Waals surface area contributed by atoms with Crippen LogP contribution in [0, 0.1) is 0 Å². The van der Waals surface area contributed by atoms with E-state index in [2.05, 4.69) is 24.0 Å². The van der Waals surface area contributed by atoms with Gasteiger partial charge < -0.3 is 14.5 Å². The predicted molar refractivity (Wildman–Crippen MR) is 139 cm³/mol. The van der Waals surface area contributed by atoms with E-state index in [1.165, 1.54) is 16.4 Å². The van der Waals surface area contributed by atoms with Gasteiger partial charge in [-0.15, -0.1) is 0 Å². The average molecular weight is 495 g/mol. The Hall–Kier alpha value is -3.52. The first-order valence-electron chi connectivity index (χ1n) is 11.6. The van der Waals surface area contributed by atoms with E-state index >= 15 is 0 Å². The van der Waals surface area contributed by atoms with Crippen LogP contribution in [0.15, 0.2) is 65.5 Å². The number of nitrogens with one attached hydrogen (secondary N) is 1. The molecule has 0 unspecified atom stereocenters. The van der Waals surface area contributed by atoms with Crippen LogP contribution in [0.3, 0.4) is 0 Å². The number of H-pyrrole nitrogens is 1. The zero-order valence-electron chi connectivity index (χ0n) is 20.4. The molecule has 1 atom stereocenters. The van der Waals surface area contributed by atoms with Gasteiger partial charge in [-0.05, 0) is 59.9 Å². The molecule has 35 heavy (non-hydrogen) atoms. The molecule has 0 aliphatic rings.